The monoisotopic (exact) mass is 282 g/mol. The van der Waals surface area contributed by atoms with Crippen molar-refractivity contribution >= 4 is 5.69 Å². The van der Waals surface area contributed by atoms with Crippen molar-refractivity contribution in [3.63, 3.8) is 0 Å². The molecule has 1 aromatic carbocycles. The van der Waals surface area contributed by atoms with Crippen LogP contribution in [0.4, 0.5) is 5.69 Å². The van der Waals surface area contributed by atoms with Gasteiger partial charge in [-0.3, -0.25) is 5.10 Å². The first-order valence-corrected chi connectivity index (χ1v) is 7.06. The molecule has 0 bridgehead atoms. The summed E-state index contributed by atoms with van der Waals surface area (Å²) in [4.78, 5) is 4.38. The minimum absolute atomic E-state index is 0.639. The summed E-state index contributed by atoms with van der Waals surface area (Å²) in [5.74, 6) is 3.43. The van der Waals surface area contributed by atoms with E-state index in [9.17, 15) is 0 Å². The van der Waals surface area contributed by atoms with E-state index in [1.165, 1.54) is 0 Å². The number of aryl methyl sites for hydroxylation is 2. The minimum Gasteiger partial charge on any atom is -0.464 e. The van der Waals surface area contributed by atoms with Gasteiger partial charge < -0.3 is 9.73 Å². The maximum absolute atomic E-state index is 5.70. The third-order valence-corrected chi connectivity index (χ3v) is 3.28. The number of nitrogens with zero attached hydrogens (tertiary/aromatic N) is 2. The summed E-state index contributed by atoms with van der Waals surface area (Å²) < 4.78 is 5.70. The zero-order valence-electron chi connectivity index (χ0n) is 12.2. The van der Waals surface area contributed by atoms with Gasteiger partial charge in [-0.2, -0.15) is 5.10 Å². The molecule has 2 heterocycles. The number of hydrogen-bond acceptors (Lipinski definition) is 4. The van der Waals surface area contributed by atoms with Crippen LogP contribution < -0.4 is 5.32 Å². The molecule has 0 aliphatic heterocycles. The summed E-state index contributed by atoms with van der Waals surface area (Å²) in [5.41, 5.74) is 1.97. The van der Waals surface area contributed by atoms with E-state index in [-0.39, 0.29) is 0 Å². The molecule has 2 N–H and O–H groups in total. The van der Waals surface area contributed by atoms with Crippen LogP contribution in [0.1, 0.15) is 24.3 Å². The highest BCUT2D eigenvalue weighted by Gasteiger charge is 2.09. The molecule has 0 fully saturated rings. The van der Waals surface area contributed by atoms with Crippen LogP contribution in [0.5, 0.6) is 0 Å². The molecule has 0 saturated heterocycles. The second kappa shape index (κ2) is 5.83. The lowest BCUT2D eigenvalue weighted by atomic mass is 10.1. The number of para-hydroxylation sites is 1. The van der Waals surface area contributed by atoms with Crippen LogP contribution in [0.25, 0.3) is 11.4 Å². The lowest BCUT2D eigenvalue weighted by Gasteiger charge is -2.08. The van der Waals surface area contributed by atoms with E-state index >= 15 is 0 Å². The van der Waals surface area contributed by atoms with Gasteiger partial charge in [0.1, 0.15) is 17.3 Å². The van der Waals surface area contributed by atoms with Gasteiger partial charge in [0.05, 0.1) is 6.54 Å². The van der Waals surface area contributed by atoms with Crippen LogP contribution in [-0.2, 0) is 13.0 Å². The highest BCUT2D eigenvalue weighted by Crippen LogP contribution is 2.25. The summed E-state index contributed by atoms with van der Waals surface area (Å²) in [6.45, 7) is 4.61. The van der Waals surface area contributed by atoms with Gasteiger partial charge in [-0.1, -0.05) is 19.1 Å². The molecule has 21 heavy (non-hydrogen) atoms. The number of furan rings is 1. The van der Waals surface area contributed by atoms with Crippen molar-refractivity contribution in [2.75, 3.05) is 5.32 Å². The molecule has 3 rings (SSSR count). The standard InChI is InChI=1S/C16H18N4O/c1-3-12-8-9-13(21-12)10-17-15-7-5-4-6-14(15)16-18-11(2)19-20-16/h4-9,17H,3,10H2,1-2H3,(H,18,19,20). The Bertz CT molecular complexity index is 729. The first-order valence-electron chi connectivity index (χ1n) is 7.06. The predicted molar refractivity (Wildman–Crippen MR) is 82.0 cm³/mol. The van der Waals surface area contributed by atoms with Gasteiger partial charge in [-0.05, 0) is 31.2 Å². The topological polar surface area (TPSA) is 66.7 Å². The van der Waals surface area contributed by atoms with Gasteiger partial charge in [0.2, 0.25) is 0 Å². The van der Waals surface area contributed by atoms with Crippen molar-refractivity contribution in [2.24, 2.45) is 0 Å². The molecule has 5 nitrogen and oxygen atoms in total. The molecule has 0 amide bonds. The quantitative estimate of drug-likeness (QED) is 0.751. The molecular weight excluding hydrogens is 264 g/mol. The van der Waals surface area contributed by atoms with E-state index in [0.717, 1.165) is 35.0 Å². The Balaban J connectivity index is 1.79. The molecule has 0 atom stereocenters. The number of hydrogen-bond donors (Lipinski definition) is 2. The highest BCUT2D eigenvalue weighted by molar-refractivity contribution is 5.73. The fourth-order valence-electron chi connectivity index (χ4n) is 2.19. The van der Waals surface area contributed by atoms with Crippen LogP contribution in [0.15, 0.2) is 40.8 Å². The largest absolute Gasteiger partial charge is 0.464 e. The van der Waals surface area contributed by atoms with Gasteiger partial charge in [0.25, 0.3) is 0 Å². The average Bonchev–Trinajstić information content (AvgIpc) is 3.14. The van der Waals surface area contributed by atoms with E-state index < -0.39 is 0 Å². The molecule has 0 aliphatic carbocycles. The summed E-state index contributed by atoms with van der Waals surface area (Å²) in [6, 6.07) is 12.0. The third-order valence-electron chi connectivity index (χ3n) is 3.28. The van der Waals surface area contributed by atoms with Crippen LogP contribution in [-0.4, -0.2) is 15.2 Å². The highest BCUT2D eigenvalue weighted by atomic mass is 16.3. The number of nitrogens with one attached hydrogen (secondary N) is 2. The van der Waals surface area contributed by atoms with Crippen LogP contribution in [0, 0.1) is 6.92 Å². The lowest BCUT2D eigenvalue weighted by Crippen LogP contribution is -2.00. The van der Waals surface area contributed by atoms with Crippen molar-refractivity contribution in [2.45, 2.75) is 26.8 Å². The summed E-state index contributed by atoms with van der Waals surface area (Å²) >= 11 is 0. The molecule has 0 aliphatic rings. The molecule has 0 spiro atoms. The van der Waals surface area contributed by atoms with E-state index in [4.69, 9.17) is 4.42 Å². The fraction of sp³-hybridized carbons (Fsp3) is 0.250. The van der Waals surface area contributed by atoms with Crippen molar-refractivity contribution < 1.29 is 4.42 Å². The van der Waals surface area contributed by atoms with Gasteiger partial charge in [-0.25, -0.2) is 4.98 Å². The SMILES string of the molecule is CCc1ccc(CNc2ccccc2-c2n[nH]c(C)n2)o1. The number of aromatic amines is 1. The van der Waals surface area contributed by atoms with E-state index in [0.29, 0.717) is 12.4 Å². The summed E-state index contributed by atoms with van der Waals surface area (Å²) in [6.07, 6.45) is 0.910. The minimum atomic E-state index is 0.639. The van der Waals surface area contributed by atoms with Crippen molar-refractivity contribution in [1.29, 1.82) is 0 Å². The molecule has 0 unspecified atom stereocenters. The Hall–Kier alpha value is -2.56. The van der Waals surface area contributed by atoms with Gasteiger partial charge in [0, 0.05) is 17.7 Å². The van der Waals surface area contributed by atoms with Gasteiger partial charge in [-0.15, -0.1) is 0 Å². The van der Waals surface area contributed by atoms with Crippen molar-refractivity contribution in [1.82, 2.24) is 15.2 Å². The van der Waals surface area contributed by atoms with E-state index in [1.54, 1.807) is 0 Å². The number of H-pyrrole nitrogens is 1. The number of anilines is 1. The van der Waals surface area contributed by atoms with Crippen LogP contribution in [0.2, 0.25) is 0 Å². The van der Waals surface area contributed by atoms with Crippen LogP contribution >= 0.6 is 0 Å². The normalized spacial score (nSPS) is 10.8. The molecule has 0 radical (unpaired) electrons. The summed E-state index contributed by atoms with van der Waals surface area (Å²) in [5, 5.41) is 10.5. The maximum atomic E-state index is 5.70. The fourth-order valence-corrected chi connectivity index (χ4v) is 2.19. The predicted octanol–water partition coefficient (Wildman–Crippen LogP) is 3.55. The van der Waals surface area contributed by atoms with Crippen LogP contribution in [0.3, 0.4) is 0 Å². The summed E-state index contributed by atoms with van der Waals surface area (Å²) in [7, 11) is 0. The molecule has 3 aromatic rings. The zero-order chi connectivity index (χ0) is 14.7. The zero-order valence-corrected chi connectivity index (χ0v) is 12.2. The third kappa shape index (κ3) is 2.97. The molecular formula is C16H18N4O. The van der Waals surface area contributed by atoms with E-state index in [2.05, 4.69) is 27.4 Å². The number of aromatic nitrogens is 3. The Morgan fingerprint density at radius 2 is 1.95 bits per heavy atom. The Morgan fingerprint density at radius 1 is 1.14 bits per heavy atom. The maximum Gasteiger partial charge on any atom is 0.183 e. The van der Waals surface area contributed by atoms with Gasteiger partial charge in [0.15, 0.2) is 5.82 Å². The molecule has 2 aromatic heterocycles. The number of rotatable bonds is 5. The first-order chi connectivity index (χ1) is 10.3. The average molecular weight is 282 g/mol. The molecule has 5 heteroatoms. The molecule has 0 saturated carbocycles. The van der Waals surface area contributed by atoms with Crippen molar-refractivity contribution in [3.05, 3.63) is 53.7 Å². The van der Waals surface area contributed by atoms with E-state index in [1.807, 2.05) is 43.3 Å². The Kier molecular flexibility index (Phi) is 3.73. The smallest absolute Gasteiger partial charge is 0.183 e. The first kappa shape index (κ1) is 13.4. The Labute approximate surface area is 123 Å². The second-order valence-corrected chi connectivity index (χ2v) is 4.87. The van der Waals surface area contributed by atoms with Crippen molar-refractivity contribution in [3.8, 4) is 11.4 Å². The number of benzene rings is 1. The van der Waals surface area contributed by atoms with Gasteiger partial charge >= 0.3 is 0 Å². The second-order valence-electron chi connectivity index (χ2n) is 4.87. The molecule has 108 valence electrons. The Morgan fingerprint density at radius 3 is 2.67 bits per heavy atom. The lowest BCUT2D eigenvalue weighted by molar-refractivity contribution is 0.476.